The van der Waals surface area contributed by atoms with Crippen molar-refractivity contribution >= 4 is 11.9 Å². The monoisotopic (exact) mass is 309 g/mol. The molecule has 0 aliphatic rings. The van der Waals surface area contributed by atoms with Crippen molar-refractivity contribution in [3.05, 3.63) is 35.1 Å². The van der Waals surface area contributed by atoms with Gasteiger partial charge < -0.3 is 15.5 Å². The van der Waals surface area contributed by atoms with Crippen LogP contribution in [0.2, 0.25) is 0 Å². The second kappa shape index (κ2) is 5.68. The lowest BCUT2D eigenvalue weighted by Gasteiger charge is -2.18. The molecule has 1 rings (SSSR count). The first kappa shape index (κ1) is 16.9. The lowest BCUT2D eigenvalue weighted by molar-refractivity contribution is -0.155. The minimum atomic E-state index is -4.97. The first-order valence-corrected chi connectivity index (χ1v) is 5.56. The van der Waals surface area contributed by atoms with Gasteiger partial charge in [-0.3, -0.25) is 4.79 Å². The molecule has 9 heteroatoms. The number of rotatable bonds is 4. The maximum atomic E-state index is 13.0. The van der Waals surface area contributed by atoms with Gasteiger partial charge in [0.1, 0.15) is 5.82 Å². The van der Waals surface area contributed by atoms with E-state index in [-0.39, 0.29) is 0 Å². The maximum absolute atomic E-state index is 13.0. The quantitative estimate of drug-likeness (QED) is 0.734. The Labute approximate surface area is 116 Å². The molecule has 3 N–H and O–H groups in total. The van der Waals surface area contributed by atoms with Crippen LogP contribution in [0.5, 0.6) is 0 Å². The molecule has 1 atom stereocenters. The Kier molecular flexibility index (Phi) is 4.57. The van der Waals surface area contributed by atoms with E-state index in [4.69, 9.17) is 5.11 Å². The molecule has 5 nitrogen and oxygen atoms in total. The van der Waals surface area contributed by atoms with Gasteiger partial charge in [0.25, 0.3) is 5.91 Å². The Hall–Kier alpha value is -2.16. The van der Waals surface area contributed by atoms with Crippen molar-refractivity contribution in [2.75, 3.05) is 6.54 Å². The van der Waals surface area contributed by atoms with Crippen molar-refractivity contribution in [2.24, 2.45) is 0 Å². The lowest BCUT2D eigenvalue weighted by Crippen LogP contribution is -2.46. The normalized spacial score (nSPS) is 14.4. The topological polar surface area (TPSA) is 86.6 Å². The van der Waals surface area contributed by atoms with E-state index in [1.54, 1.807) is 0 Å². The van der Waals surface area contributed by atoms with Gasteiger partial charge in [-0.2, -0.15) is 13.2 Å². The molecule has 0 aliphatic heterocycles. The predicted octanol–water partition coefficient (Wildman–Crippen LogP) is 1.41. The number of halogens is 4. The third kappa shape index (κ3) is 4.15. The van der Waals surface area contributed by atoms with Crippen LogP contribution in [0.4, 0.5) is 17.6 Å². The van der Waals surface area contributed by atoms with Crippen LogP contribution >= 0.6 is 0 Å². The number of hydrogen-bond donors (Lipinski definition) is 3. The van der Waals surface area contributed by atoms with Crippen LogP contribution < -0.4 is 5.32 Å². The average molecular weight is 309 g/mol. The number of benzene rings is 1. The van der Waals surface area contributed by atoms with E-state index in [1.165, 1.54) is 0 Å². The van der Waals surface area contributed by atoms with Crippen LogP contribution in [0.15, 0.2) is 18.2 Å². The van der Waals surface area contributed by atoms with Gasteiger partial charge in [-0.15, -0.1) is 0 Å². The van der Waals surface area contributed by atoms with Gasteiger partial charge in [0.05, 0.1) is 12.1 Å². The van der Waals surface area contributed by atoms with Gasteiger partial charge >= 0.3 is 12.1 Å². The van der Waals surface area contributed by atoms with Gasteiger partial charge in [-0.05, 0) is 25.1 Å². The molecule has 0 aliphatic carbocycles. The first-order chi connectivity index (χ1) is 9.45. The Bertz CT molecular complexity index is 569. The summed E-state index contributed by atoms with van der Waals surface area (Å²) in [5.41, 5.74) is -4.40. The van der Waals surface area contributed by atoms with Crippen LogP contribution in [0.1, 0.15) is 22.8 Å². The minimum absolute atomic E-state index is 0.306. The molecule has 0 radical (unpaired) electrons. The van der Waals surface area contributed by atoms with Crippen molar-refractivity contribution in [1.29, 1.82) is 0 Å². The Morgan fingerprint density at radius 3 is 2.33 bits per heavy atom. The number of carbonyl (C=O) groups excluding carboxylic acids is 1. The zero-order valence-corrected chi connectivity index (χ0v) is 10.7. The largest absolute Gasteiger partial charge is 0.479 e. The van der Waals surface area contributed by atoms with Crippen molar-refractivity contribution in [2.45, 2.75) is 18.7 Å². The van der Waals surface area contributed by atoms with Crippen molar-refractivity contribution < 1.29 is 37.4 Å². The number of nitrogens with one attached hydrogen (secondary N) is 1. The van der Waals surface area contributed by atoms with Crippen molar-refractivity contribution in [3.63, 3.8) is 0 Å². The van der Waals surface area contributed by atoms with E-state index in [0.29, 0.717) is 12.1 Å². The summed E-state index contributed by atoms with van der Waals surface area (Å²) < 4.78 is 50.5. The molecule has 116 valence electrons. The van der Waals surface area contributed by atoms with E-state index in [2.05, 4.69) is 0 Å². The number of carbonyl (C=O) groups is 2. The molecule has 1 aromatic rings. The molecule has 1 amide bonds. The van der Waals surface area contributed by atoms with E-state index in [0.717, 1.165) is 13.0 Å². The van der Waals surface area contributed by atoms with Gasteiger partial charge in [0.2, 0.25) is 0 Å². The van der Waals surface area contributed by atoms with Crippen molar-refractivity contribution in [1.82, 2.24) is 5.32 Å². The summed E-state index contributed by atoms with van der Waals surface area (Å²) in [6.45, 7) is 0.182. The molecule has 0 fully saturated rings. The summed E-state index contributed by atoms with van der Waals surface area (Å²) >= 11 is 0. The number of alkyl halides is 3. The summed E-state index contributed by atoms with van der Waals surface area (Å²) in [7, 11) is 0. The smallest absolute Gasteiger partial charge is 0.419 e. The second-order valence-electron chi connectivity index (χ2n) is 4.45. The summed E-state index contributed by atoms with van der Waals surface area (Å²) in [4.78, 5) is 22.2. The molecular weight excluding hydrogens is 298 g/mol. The molecule has 0 saturated carbocycles. The van der Waals surface area contributed by atoms with Crippen LogP contribution in [0, 0.1) is 5.82 Å². The fraction of sp³-hybridized carbons (Fsp3) is 0.333. The van der Waals surface area contributed by atoms with Gasteiger partial charge in [-0.1, -0.05) is 0 Å². The SMILES string of the molecule is CC(O)(CNC(=O)c1ccc(F)c(C(F)(F)F)c1)C(=O)O. The highest BCUT2D eigenvalue weighted by Crippen LogP contribution is 2.31. The number of carboxylic acid groups (broad SMARTS) is 1. The van der Waals surface area contributed by atoms with Crippen LogP contribution in [-0.4, -0.2) is 34.2 Å². The number of carboxylic acids is 1. The highest BCUT2D eigenvalue weighted by Gasteiger charge is 2.35. The first-order valence-electron chi connectivity index (χ1n) is 5.56. The zero-order valence-electron chi connectivity index (χ0n) is 10.7. The van der Waals surface area contributed by atoms with Crippen LogP contribution in [0.25, 0.3) is 0 Å². The third-order valence-electron chi connectivity index (χ3n) is 2.59. The molecule has 0 bridgehead atoms. The molecule has 0 saturated heterocycles. The predicted molar refractivity (Wildman–Crippen MR) is 62.0 cm³/mol. The zero-order chi connectivity index (χ0) is 16.4. The standard InChI is InChI=1S/C12H11F4NO4/c1-11(21,10(19)20)5-17-9(18)6-2-3-8(13)7(4-6)12(14,15)16/h2-4,21H,5H2,1H3,(H,17,18)(H,19,20). The Balaban J connectivity index is 2.92. The molecule has 0 aromatic heterocycles. The van der Waals surface area contributed by atoms with Crippen LogP contribution in [-0.2, 0) is 11.0 Å². The van der Waals surface area contributed by atoms with Gasteiger partial charge in [0.15, 0.2) is 5.60 Å². The van der Waals surface area contributed by atoms with Crippen LogP contribution in [0.3, 0.4) is 0 Å². The fourth-order valence-electron chi connectivity index (χ4n) is 1.31. The average Bonchev–Trinajstić information content (AvgIpc) is 2.35. The molecule has 1 unspecified atom stereocenters. The second-order valence-corrected chi connectivity index (χ2v) is 4.45. The highest BCUT2D eigenvalue weighted by atomic mass is 19.4. The van der Waals surface area contributed by atoms with Gasteiger partial charge in [-0.25, -0.2) is 9.18 Å². The Morgan fingerprint density at radius 2 is 1.86 bits per heavy atom. The van der Waals surface area contributed by atoms with Gasteiger partial charge in [0, 0.05) is 5.56 Å². The molecule has 0 heterocycles. The molecular formula is C12H11F4NO4. The van der Waals surface area contributed by atoms with E-state index in [9.17, 15) is 32.3 Å². The Morgan fingerprint density at radius 1 is 1.29 bits per heavy atom. The number of amides is 1. The molecule has 1 aromatic carbocycles. The molecule has 0 spiro atoms. The maximum Gasteiger partial charge on any atom is 0.419 e. The highest BCUT2D eigenvalue weighted by molar-refractivity contribution is 5.94. The number of aliphatic hydroxyl groups is 1. The fourth-order valence-corrected chi connectivity index (χ4v) is 1.31. The van der Waals surface area contributed by atoms with E-state index < -0.39 is 47.1 Å². The minimum Gasteiger partial charge on any atom is -0.479 e. The van der Waals surface area contributed by atoms with Crippen molar-refractivity contribution in [3.8, 4) is 0 Å². The summed E-state index contributed by atoms with van der Waals surface area (Å²) in [5, 5.41) is 19.9. The third-order valence-corrected chi connectivity index (χ3v) is 2.59. The molecule has 21 heavy (non-hydrogen) atoms. The summed E-state index contributed by atoms with van der Waals surface area (Å²) in [6, 6.07) is 1.60. The summed E-state index contributed by atoms with van der Waals surface area (Å²) in [5.74, 6) is -4.21. The van der Waals surface area contributed by atoms with E-state index in [1.807, 2.05) is 5.32 Å². The summed E-state index contributed by atoms with van der Waals surface area (Å²) in [6.07, 6.45) is -4.97. The number of aliphatic carboxylic acids is 1. The van der Waals surface area contributed by atoms with E-state index >= 15 is 0 Å². The lowest BCUT2D eigenvalue weighted by atomic mass is 10.1. The number of hydrogen-bond acceptors (Lipinski definition) is 3.